The van der Waals surface area contributed by atoms with Gasteiger partial charge in [0.15, 0.2) is 0 Å². The number of hydrogen-bond acceptors (Lipinski definition) is 4. The number of aromatic nitrogens is 3. The Kier molecular flexibility index (Phi) is 4.40. The van der Waals surface area contributed by atoms with Crippen molar-refractivity contribution < 1.29 is 0 Å². The molecule has 2 aromatic carbocycles. The zero-order valence-corrected chi connectivity index (χ0v) is 16.7. The fraction of sp³-hybridized carbons (Fsp3) is 0.217. The molecule has 0 radical (unpaired) electrons. The van der Waals surface area contributed by atoms with Gasteiger partial charge in [-0.15, -0.1) is 0 Å². The number of anilines is 2. The lowest BCUT2D eigenvalue weighted by atomic mass is 9.64. The minimum Gasteiger partial charge on any atom is -0.399 e. The van der Waals surface area contributed by atoms with Crippen LogP contribution in [-0.2, 0) is 12.0 Å². The van der Waals surface area contributed by atoms with Crippen LogP contribution in [0.5, 0.6) is 0 Å². The van der Waals surface area contributed by atoms with E-state index in [-0.39, 0.29) is 5.41 Å². The molecular weight excluding hydrogens is 382 g/mol. The van der Waals surface area contributed by atoms with Crippen LogP contribution in [-0.4, -0.2) is 15.0 Å². The summed E-state index contributed by atoms with van der Waals surface area (Å²) in [5.74, 6) is 1.85. The Hall–Kier alpha value is -3.05. The molecule has 29 heavy (non-hydrogen) atoms. The molecule has 0 bridgehead atoms. The fourth-order valence-electron chi connectivity index (χ4n) is 4.07. The summed E-state index contributed by atoms with van der Waals surface area (Å²) in [6.07, 6.45) is 5.30. The molecule has 146 valence electrons. The van der Waals surface area contributed by atoms with Gasteiger partial charge in [0.1, 0.15) is 11.6 Å². The molecule has 1 aliphatic rings. The van der Waals surface area contributed by atoms with Crippen LogP contribution in [0.4, 0.5) is 11.5 Å². The quantitative estimate of drug-likeness (QED) is 0.396. The first-order valence-corrected chi connectivity index (χ1v) is 10.2. The Bertz CT molecular complexity index is 1160. The van der Waals surface area contributed by atoms with Gasteiger partial charge in [-0.1, -0.05) is 36.2 Å². The summed E-state index contributed by atoms with van der Waals surface area (Å²) in [5.41, 5.74) is 10.8. The van der Waals surface area contributed by atoms with Crippen molar-refractivity contribution in [2.75, 3.05) is 11.1 Å². The van der Waals surface area contributed by atoms with Crippen molar-refractivity contribution in [1.82, 2.24) is 15.0 Å². The number of aromatic amines is 1. The Labute approximate surface area is 174 Å². The normalized spacial score (nSPS) is 15.2. The first kappa shape index (κ1) is 18.0. The van der Waals surface area contributed by atoms with E-state index in [4.69, 9.17) is 22.3 Å². The van der Waals surface area contributed by atoms with E-state index >= 15 is 0 Å². The third kappa shape index (κ3) is 3.32. The monoisotopic (exact) mass is 403 g/mol. The van der Waals surface area contributed by atoms with Crippen molar-refractivity contribution in [3.63, 3.8) is 0 Å². The number of hydrogen-bond donors (Lipinski definition) is 3. The van der Waals surface area contributed by atoms with Gasteiger partial charge in [0, 0.05) is 23.5 Å². The second-order valence-corrected chi connectivity index (χ2v) is 8.15. The zero-order chi connectivity index (χ0) is 19.8. The lowest BCUT2D eigenvalue weighted by molar-refractivity contribution is 0.287. The molecule has 5 rings (SSSR count). The van der Waals surface area contributed by atoms with Crippen molar-refractivity contribution in [3.05, 3.63) is 82.8 Å². The highest BCUT2D eigenvalue weighted by atomic mass is 35.5. The molecule has 0 unspecified atom stereocenters. The van der Waals surface area contributed by atoms with Crippen molar-refractivity contribution >= 4 is 34.1 Å². The average Bonchev–Trinajstić information content (AvgIpc) is 3.09. The molecule has 2 aromatic heterocycles. The van der Waals surface area contributed by atoms with Crippen LogP contribution in [0.3, 0.4) is 0 Å². The van der Waals surface area contributed by atoms with Crippen LogP contribution >= 0.6 is 11.6 Å². The number of rotatable bonds is 5. The van der Waals surface area contributed by atoms with Crippen LogP contribution in [0.15, 0.2) is 60.8 Å². The van der Waals surface area contributed by atoms with E-state index in [1.54, 1.807) is 0 Å². The summed E-state index contributed by atoms with van der Waals surface area (Å²) < 4.78 is 0. The SMILES string of the molecule is Nc1ccc2nc(C3(c4ccc(NCc5cccc(Cl)c5)nc4)CCC3)[nH]c2c1. The topological polar surface area (TPSA) is 79.6 Å². The summed E-state index contributed by atoms with van der Waals surface area (Å²) in [6.45, 7) is 0.684. The van der Waals surface area contributed by atoms with Crippen LogP contribution in [0.25, 0.3) is 11.0 Å². The van der Waals surface area contributed by atoms with Crippen LogP contribution in [0, 0.1) is 0 Å². The number of fused-ring (bicyclic) bond motifs is 1. The standard InChI is InChI=1S/C23H22ClN5/c24-17-4-1-3-15(11-17)13-26-21-8-5-16(14-27-21)23(9-2-10-23)22-28-19-7-6-18(25)12-20(19)29-22/h1,3-8,11-12,14H,2,9-10,13,25H2,(H,26,27)(H,28,29). The maximum Gasteiger partial charge on any atom is 0.126 e. The predicted octanol–water partition coefficient (Wildman–Crippen LogP) is 5.28. The summed E-state index contributed by atoms with van der Waals surface area (Å²) >= 11 is 6.06. The van der Waals surface area contributed by atoms with Gasteiger partial charge in [0.2, 0.25) is 0 Å². The van der Waals surface area contributed by atoms with Gasteiger partial charge >= 0.3 is 0 Å². The van der Waals surface area contributed by atoms with Crippen molar-refractivity contribution in [2.45, 2.75) is 31.2 Å². The molecule has 1 fully saturated rings. The smallest absolute Gasteiger partial charge is 0.126 e. The summed E-state index contributed by atoms with van der Waals surface area (Å²) in [7, 11) is 0. The van der Waals surface area contributed by atoms with Crippen LogP contribution in [0.1, 0.15) is 36.2 Å². The first-order chi connectivity index (χ1) is 14.1. The lowest BCUT2D eigenvalue weighted by Crippen LogP contribution is -2.36. The van der Waals surface area contributed by atoms with Gasteiger partial charge in [-0.05, 0) is 60.4 Å². The molecule has 0 aliphatic heterocycles. The van der Waals surface area contributed by atoms with E-state index in [1.807, 2.05) is 54.7 Å². The van der Waals surface area contributed by atoms with E-state index in [1.165, 1.54) is 12.0 Å². The molecule has 0 amide bonds. The molecule has 4 aromatic rings. The van der Waals surface area contributed by atoms with Crippen LogP contribution < -0.4 is 11.1 Å². The highest BCUT2D eigenvalue weighted by Gasteiger charge is 2.43. The number of pyridine rings is 1. The average molecular weight is 404 g/mol. The van der Waals surface area contributed by atoms with E-state index in [9.17, 15) is 0 Å². The number of halogens is 1. The van der Waals surface area contributed by atoms with Gasteiger partial charge in [-0.2, -0.15) is 0 Å². The van der Waals surface area contributed by atoms with Crippen molar-refractivity contribution in [3.8, 4) is 0 Å². The molecule has 2 heterocycles. The van der Waals surface area contributed by atoms with Gasteiger partial charge in [0.25, 0.3) is 0 Å². The Morgan fingerprint density at radius 2 is 2.00 bits per heavy atom. The summed E-state index contributed by atoms with van der Waals surface area (Å²) in [6, 6.07) is 17.8. The first-order valence-electron chi connectivity index (χ1n) is 9.83. The minimum atomic E-state index is -0.0910. The molecule has 1 aliphatic carbocycles. The number of nitrogens with two attached hydrogens (primary N) is 1. The molecule has 6 heteroatoms. The second kappa shape index (κ2) is 7.08. The molecule has 0 spiro atoms. The number of nitrogens with one attached hydrogen (secondary N) is 2. The minimum absolute atomic E-state index is 0.0910. The Balaban J connectivity index is 1.38. The third-order valence-corrected chi connectivity index (χ3v) is 6.08. The van der Waals surface area contributed by atoms with E-state index in [0.29, 0.717) is 6.54 Å². The van der Waals surface area contributed by atoms with Crippen molar-refractivity contribution in [1.29, 1.82) is 0 Å². The number of nitrogen functional groups attached to an aromatic ring is 1. The molecule has 0 atom stereocenters. The highest BCUT2D eigenvalue weighted by molar-refractivity contribution is 6.30. The molecular formula is C23H22ClN5. The van der Waals surface area contributed by atoms with E-state index < -0.39 is 0 Å². The maximum absolute atomic E-state index is 6.06. The summed E-state index contributed by atoms with van der Waals surface area (Å²) in [4.78, 5) is 13.0. The third-order valence-electron chi connectivity index (χ3n) is 5.85. The molecule has 5 nitrogen and oxygen atoms in total. The Morgan fingerprint density at radius 1 is 1.10 bits per heavy atom. The predicted molar refractivity (Wildman–Crippen MR) is 118 cm³/mol. The maximum atomic E-state index is 6.06. The molecule has 4 N–H and O–H groups in total. The zero-order valence-electron chi connectivity index (χ0n) is 16.0. The number of H-pyrrole nitrogens is 1. The van der Waals surface area contributed by atoms with Gasteiger partial charge in [-0.25, -0.2) is 9.97 Å². The van der Waals surface area contributed by atoms with Crippen molar-refractivity contribution in [2.24, 2.45) is 0 Å². The summed E-state index contributed by atoms with van der Waals surface area (Å²) in [5, 5.41) is 4.11. The Morgan fingerprint density at radius 3 is 2.72 bits per heavy atom. The number of nitrogens with zero attached hydrogens (tertiary/aromatic N) is 2. The largest absolute Gasteiger partial charge is 0.399 e. The fourth-order valence-corrected chi connectivity index (χ4v) is 4.28. The molecule has 1 saturated carbocycles. The number of imidazole rings is 1. The van der Waals surface area contributed by atoms with Gasteiger partial charge < -0.3 is 16.0 Å². The van der Waals surface area contributed by atoms with Gasteiger partial charge in [-0.3, -0.25) is 0 Å². The van der Waals surface area contributed by atoms with Crippen LogP contribution in [0.2, 0.25) is 5.02 Å². The molecule has 0 saturated heterocycles. The van der Waals surface area contributed by atoms with Gasteiger partial charge in [0.05, 0.1) is 16.4 Å². The lowest BCUT2D eigenvalue weighted by Gasteiger charge is -2.40. The highest BCUT2D eigenvalue weighted by Crippen LogP contribution is 2.48. The second-order valence-electron chi connectivity index (χ2n) is 7.71. The van der Waals surface area contributed by atoms with E-state index in [2.05, 4.69) is 21.4 Å². The number of benzene rings is 2. The van der Waals surface area contributed by atoms with E-state index in [0.717, 1.165) is 51.8 Å².